The molecule has 7 heteroatoms. The molecule has 1 heterocycles. The smallest absolute Gasteiger partial charge is 0.283 e. The number of thiazole rings is 1. The van der Waals surface area contributed by atoms with Crippen LogP contribution in [0.15, 0.2) is 33.2 Å². The number of nitrogens with zero attached hydrogens (tertiary/aromatic N) is 2. The monoisotopic (exact) mass is 402 g/mol. The van der Waals surface area contributed by atoms with E-state index in [1.54, 1.807) is 18.2 Å². The molecule has 0 aliphatic rings. The van der Waals surface area contributed by atoms with E-state index in [4.69, 9.17) is 16.3 Å². The highest BCUT2D eigenvalue weighted by Crippen LogP contribution is 2.23. The van der Waals surface area contributed by atoms with E-state index >= 15 is 0 Å². The Balaban J connectivity index is 2.45. The molecule has 1 amide bonds. The van der Waals surface area contributed by atoms with Gasteiger partial charge in [0.05, 0.1) is 16.5 Å². The molecule has 0 bridgehead atoms. The Kier molecular flexibility index (Phi) is 5.83. The van der Waals surface area contributed by atoms with Crippen LogP contribution in [0.4, 0.5) is 0 Å². The van der Waals surface area contributed by atoms with Crippen molar-refractivity contribution in [1.82, 2.24) is 4.57 Å². The van der Waals surface area contributed by atoms with Gasteiger partial charge in [0, 0.05) is 17.8 Å². The Bertz CT molecular complexity index is 752. The molecule has 1 aromatic carbocycles. The van der Waals surface area contributed by atoms with Gasteiger partial charge >= 0.3 is 0 Å². The largest absolute Gasteiger partial charge is 0.496 e. The van der Waals surface area contributed by atoms with Crippen molar-refractivity contribution < 1.29 is 9.53 Å². The van der Waals surface area contributed by atoms with Crippen molar-refractivity contribution in [2.24, 2.45) is 10.9 Å². The second kappa shape index (κ2) is 7.44. The standard InChI is InChI=1S/C15H16BrClN2O2S/c1-9(2)7-19-8-13(16)22-15(19)18-14(20)11-6-10(17)4-5-12(11)21-3/h4-6,8-9H,7H2,1-3H3/b18-15-. The van der Waals surface area contributed by atoms with Crippen LogP contribution >= 0.6 is 38.9 Å². The molecule has 0 N–H and O–H groups in total. The Labute approximate surface area is 146 Å². The van der Waals surface area contributed by atoms with E-state index in [1.807, 2.05) is 10.8 Å². The van der Waals surface area contributed by atoms with Gasteiger partial charge in [-0.15, -0.1) is 0 Å². The Morgan fingerprint density at radius 1 is 1.50 bits per heavy atom. The normalized spacial score (nSPS) is 12.0. The molecule has 0 aliphatic carbocycles. The van der Waals surface area contributed by atoms with Gasteiger partial charge < -0.3 is 9.30 Å². The average Bonchev–Trinajstić information content (AvgIpc) is 2.77. The first kappa shape index (κ1) is 17.2. The number of carbonyl (C=O) groups is 1. The summed E-state index contributed by atoms with van der Waals surface area (Å²) in [6.07, 6.45) is 1.94. The molecule has 0 spiro atoms. The summed E-state index contributed by atoms with van der Waals surface area (Å²) in [5.74, 6) is 0.548. The van der Waals surface area contributed by atoms with Crippen LogP contribution in [0, 0.1) is 5.92 Å². The zero-order chi connectivity index (χ0) is 16.3. The van der Waals surface area contributed by atoms with Crippen LogP contribution in [0.25, 0.3) is 0 Å². The van der Waals surface area contributed by atoms with Gasteiger partial charge in [-0.2, -0.15) is 4.99 Å². The molecule has 2 rings (SSSR count). The summed E-state index contributed by atoms with van der Waals surface area (Å²) >= 11 is 10.8. The maximum absolute atomic E-state index is 12.5. The van der Waals surface area contributed by atoms with Crippen molar-refractivity contribution in [3.8, 4) is 5.75 Å². The predicted octanol–water partition coefficient (Wildman–Crippen LogP) is 4.37. The summed E-state index contributed by atoms with van der Waals surface area (Å²) < 4.78 is 8.10. The third kappa shape index (κ3) is 4.21. The quantitative estimate of drug-likeness (QED) is 0.761. The molecule has 22 heavy (non-hydrogen) atoms. The van der Waals surface area contributed by atoms with Gasteiger partial charge in [-0.1, -0.05) is 36.8 Å². The minimum Gasteiger partial charge on any atom is -0.496 e. The van der Waals surface area contributed by atoms with E-state index in [1.165, 1.54) is 18.4 Å². The number of carbonyl (C=O) groups excluding carboxylic acids is 1. The van der Waals surface area contributed by atoms with Gasteiger partial charge in [0.1, 0.15) is 5.75 Å². The summed E-state index contributed by atoms with van der Waals surface area (Å²) in [6, 6.07) is 4.91. The zero-order valence-electron chi connectivity index (χ0n) is 12.5. The molecular formula is C15H16BrClN2O2S. The topological polar surface area (TPSA) is 43.6 Å². The van der Waals surface area contributed by atoms with Crippen molar-refractivity contribution in [2.75, 3.05) is 7.11 Å². The molecule has 0 saturated carbocycles. The lowest BCUT2D eigenvalue weighted by atomic mass is 10.2. The number of hydrogen-bond donors (Lipinski definition) is 0. The van der Waals surface area contributed by atoms with Crippen LogP contribution in [0.3, 0.4) is 0 Å². The molecule has 2 aromatic rings. The molecular weight excluding hydrogens is 388 g/mol. The van der Waals surface area contributed by atoms with E-state index in [0.29, 0.717) is 27.1 Å². The molecule has 1 aromatic heterocycles. The molecule has 4 nitrogen and oxygen atoms in total. The molecule has 0 saturated heterocycles. The number of aromatic nitrogens is 1. The summed E-state index contributed by atoms with van der Waals surface area (Å²) in [5, 5.41) is 0.474. The van der Waals surface area contributed by atoms with Crippen LogP contribution in [0.1, 0.15) is 24.2 Å². The minimum atomic E-state index is -0.369. The molecule has 0 radical (unpaired) electrons. The summed E-state index contributed by atoms with van der Waals surface area (Å²) in [4.78, 5) is 17.3. The van der Waals surface area contributed by atoms with Crippen molar-refractivity contribution in [3.05, 3.63) is 43.6 Å². The number of methoxy groups -OCH3 is 1. The highest BCUT2D eigenvalue weighted by molar-refractivity contribution is 9.11. The van der Waals surface area contributed by atoms with Gasteiger partial charge in [-0.3, -0.25) is 4.79 Å². The van der Waals surface area contributed by atoms with Crippen LogP contribution < -0.4 is 9.54 Å². The number of hydrogen-bond acceptors (Lipinski definition) is 3. The number of amides is 1. The number of ether oxygens (including phenoxy) is 1. The van der Waals surface area contributed by atoms with Gasteiger partial charge in [-0.05, 0) is 40.0 Å². The van der Waals surface area contributed by atoms with Gasteiger partial charge in [-0.25, -0.2) is 0 Å². The summed E-state index contributed by atoms with van der Waals surface area (Å²) in [6.45, 7) is 5.02. The van der Waals surface area contributed by atoms with Gasteiger partial charge in [0.25, 0.3) is 5.91 Å². The Morgan fingerprint density at radius 3 is 2.86 bits per heavy atom. The fraction of sp³-hybridized carbons (Fsp3) is 0.333. The second-order valence-electron chi connectivity index (χ2n) is 5.13. The van der Waals surface area contributed by atoms with Crippen LogP contribution in [0.2, 0.25) is 5.02 Å². The molecule has 0 fully saturated rings. The molecule has 0 atom stereocenters. The van der Waals surface area contributed by atoms with Crippen molar-refractivity contribution in [1.29, 1.82) is 0 Å². The predicted molar refractivity (Wildman–Crippen MR) is 92.7 cm³/mol. The zero-order valence-corrected chi connectivity index (χ0v) is 15.6. The maximum Gasteiger partial charge on any atom is 0.283 e. The Hall–Kier alpha value is -1.11. The number of rotatable bonds is 4. The maximum atomic E-state index is 12.5. The first-order valence-corrected chi connectivity index (χ1v) is 8.68. The average molecular weight is 404 g/mol. The fourth-order valence-corrected chi connectivity index (χ4v) is 3.54. The highest BCUT2D eigenvalue weighted by Gasteiger charge is 2.13. The summed E-state index contributed by atoms with van der Waals surface area (Å²) in [5.41, 5.74) is 0.357. The van der Waals surface area contributed by atoms with E-state index in [9.17, 15) is 4.79 Å². The fourth-order valence-electron chi connectivity index (χ4n) is 1.96. The van der Waals surface area contributed by atoms with Crippen molar-refractivity contribution in [2.45, 2.75) is 20.4 Å². The van der Waals surface area contributed by atoms with Gasteiger partial charge in [0.2, 0.25) is 0 Å². The van der Waals surface area contributed by atoms with Crippen LogP contribution in [-0.2, 0) is 6.54 Å². The third-order valence-electron chi connectivity index (χ3n) is 2.84. The lowest BCUT2D eigenvalue weighted by Gasteiger charge is -2.07. The van der Waals surface area contributed by atoms with Crippen molar-refractivity contribution in [3.63, 3.8) is 0 Å². The molecule has 118 valence electrons. The first-order valence-electron chi connectivity index (χ1n) is 6.69. The Morgan fingerprint density at radius 2 is 2.23 bits per heavy atom. The van der Waals surface area contributed by atoms with Crippen molar-refractivity contribution >= 4 is 44.8 Å². The minimum absolute atomic E-state index is 0.357. The lowest BCUT2D eigenvalue weighted by Crippen LogP contribution is -2.19. The number of halogens is 2. The molecule has 0 aliphatic heterocycles. The van der Waals surface area contributed by atoms with Crippen LogP contribution in [0.5, 0.6) is 5.75 Å². The second-order valence-corrected chi connectivity index (χ2v) is 7.95. The third-order valence-corrected chi connectivity index (χ3v) is 4.58. The highest BCUT2D eigenvalue weighted by atomic mass is 79.9. The lowest BCUT2D eigenvalue weighted by molar-refractivity contribution is 0.0994. The first-order chi connectivity index (χ1) is 10.4. The molecule has 0 unspecified atom stereocenters. The number of benzene rings is 1. The van der Waals surface area contributed by atoms with E-state index in [-0.39, 0.29) is 5.91 Å². The van der Waals surface area contributed by atoms with Crippen LogP contribution in [-0.4, -0.2) is 17.6 Å². The SMILES string of the molecule is COc1ccc(Cl)cc1C(=O)/N=c1\sc(Br)cn1CC(C)C. The van der Waals surface area contributed by atoms with E-state index < -0.39 is 0 Å². The summed E-state index contributed by atoms with van der Waals surface area (Å²) in [7, 11) is 1.51. The van der Waals surface area contributed by atoms with E-state index in [2.05, 4.69) is 34.8 Å². The van der Waals surface area contributed by atoms with E-state index in [0.717, 1.165) is 10.3 Å². The van der Waals surface area contributed by atoms with Gasteiger partial charge in [0.15, 0.2) is 4.80 Å².